The highest BCUT2D eigenvalue weighted by Gasteiger charge is 2.42. The van der Waals surface area contributed by atoms with E-state index in [0.29, 0.717) is 5.92 Å². The molecule has 1 nitrogen and oxygen atoms in total. The summed E-state index contributed by atoms with van der Waals surface area (Å²) in [6.45, 7) is 4.43. The van der Waals surface area contributed by atoms with Crippen LogP contribution in [0.5, 0.6) is 0 Å². The molecule has 1 saturated heterocycles. The Morgan fingerprint density at radius 2 is 2.33 bits per heavy atom. The van der Waals surface area contributed by atoms with Crippen molar-refractivity contribution >= 4 is 19.6 Å². The standard InChI is InChI=1S/C9H17BOS/c1-4-9(6-12-3)7(2)5-8(10)11-9/h7-8H,4-6H2,1-3H3/t7?,8-,9+/m1/s1. The lowest BCUT2D eigenvalue weighted by atomic mass is 9.85. The zero-order valence-corrected chi connectivity index (χ0v) is 8.99. The quantitative estimate of drug-likeness (QED) is 0.621. The summed E-state index contributed by atoms with van der Waals surface area (Å²) in [5, 5.41) is 0. The van der Waals surface area contributed by atoms with Gasteiger partial charge in [0.05, 0.1) is 5.60 Å². The van der Waals surface area contributed by atoms with Gasteiger partial charge >= 0.3 is 0 Å². The molecule has 0 N–H and O–H groups in total. The van der Waals surface area contributed by atoms with Crippen molar-refractivity contribution in [3.05, 3.63) is 0 Å². The van der Waals surface area contributed by atoms with E-state index in [-0.39, 0.29) is 11.6 Å². The minimum Gasteiger partial charge on any atom is -0.380 e. The Kier molecular flexibility index (Phi) is 3.53. The number of hydrogen-bond acceptors (Lipinski definition) is 2. The summed E-state index contributed by atoms with van der Waals surface area (Å²) in [6.07, 6.45) is 4.20. The minimum atomic E-state index is -0.0351. The lowest BCUT2D eigenvalue weighted by Gasteiger charge is -2.31. The van der Waals surface area contributed by atoms with E-state index in [1.807, 2.05) is 11.8 Å². The molecule has 1 aliphatic heterocycles. The predicted octanol–water partition coefficient (Wildman–Crippen LogP) is 2.05. The van der Waals surface area contributed by atoms with Gasteiger partial charge in [0.15, 0.2) is 0 Å². The van der Waals surface area contributed by atoms with E-state index < -0.39 is 0 Å². The van der Waals surface area contributed by atoms with Crippen LogP contribution in [0.4, 0.5) is 0 Å². The van der Waals surface area contributed by atoms with Gasteiger partial charge in [-0.25, -0.2) is 0 Å². The van der Waals surface area contributed by atoms with Crippen LogP contribution in [-0.4, -0.2) is 31.5 Å². The van der Waals surface area contributed by atoms with Gasteiger partial charge in [-0.3, -0.25) is 0 Å². The summed E-state index contributed by atoms with van der Waals surface area (Å²) in [4.78, 5) is 0. The molecular weight excluding hydrogens is 167 g/mol. The molecule has 3 heteroatoms. The largest absolute Gasteiger partial charge is 0.380 e. The number of ether oxygens (including phenoxy) is 1. The first-order valence-electron chi connectivity index (χ1n) is 4.57. The molecule has 68 valence electrons. The summed E-state index contributed by atoms with van der Waals surface area (Å²) < 4.78 is 5.81. The van der Waals surface area contributed by atoms with Gasteiger partial charge in [0.1, 0.15) is 7.85 Å². The van der Waals surface area contributed by atoms with Crippen LogP contribution in [0.1, 0.15) is 26.7 Å². The number of rotatable bonds is 3. The molecule has 0 aromatic rings. The maximum atomic E-state index is 5.81. The van der Waals surface area contributed by atoms with E-state index in [9.17, 15) is 0 Å². The van der Waals surface area contributed by atoms with Gasteiger partial charge in [0.2, 0.25) is 0 Å². The van der Waals surface area contributed by atoms with Crippen molar-refractivity contribution in [2.45, 2.75) is 38.3 Å². The molecule has 0 bridgehead atoms. The van der Waals surface area contributed by atoms with Gasteiger partial charge in [-0.15, -0.1) is 0 Å². The highest BCUT2D eigenvalue weighted by atomic mass is 32.2. The van der Waals surface area contributed by atoms with E-state index >= 15 is 0 Å². The van der Waals surface area contributed by atoms with E-state index in [2.05, 4.69) is 20.1 Å². The van der Waals surface area contributed by atoms with E-state index in [1.54, 1.807) is 0 Å². The first-order chi connectivity index (χ1) is 5.64. The highest BCUT2D eigenvalue weighted by molar-refractivity contribution is 7.98. The van der Waals surface area contributed by atoms with Gasteiger partial charge in [-0.2, -0.15) is 11.8 Å². The van der Waals surface area contributed by atoms with E-state index in [4.69, 9.17) is 12.6 Å². The Hall–Kier alpha value is 0.375. The molecule has 1 fully saturated rings. The van der Waals surface area contributed by atoms with Gasteiger partial charge in [-0.1, -0.05) is 13.8 Å². The lowest BCUT2D eigenvalue weighted by molar-refractivity contribution is -0.0143. The molecule has 0 aliphatic carbocycles. The second-order valence-corrected chi connectivity index (χ2v) is 4.51. The van der Waals surface area contributed by atoms with Crippen LogP contribution < -0.4 is 0 Å². The zero-order valence-electron chi connectivity index (χ0n) is 8.17. The molecule has 0 aromatic heterocycles. The maximum Gasteiger partial charge on any atom is 0.109 e. The highest BCUT2D eigenvalue weighted by Crippen LogP contribution is 2.39. The normalized spacial score (nSPS) is 41.9. The van der Waals surface area contributed by atoms with Gasteiger partial charge in [-0.05, 0) is 25.0 Å². The smallest absolute Gasteiger partial charge is 0.109 e. The molecule has 0 aromatic carbocycles. The summed E-state index contributed by atoms with van der Waals surface area (Å²) in [6, 6.07) is -0.0351. The van der Waals surface area contributed by atoms with Crippen molar-refractivity contribution in [3.63, 3.8) is 0 Å². The molecule has 1 aliphatic rings. The van der Waals surface area contributed by atoms with Crippen LogP contribution in [0.15, 0.2) is 0 Å². The third-order valence-corrected chi connectivity index (χ3v) is 3.63. The van der Waals surface area contributed by atoms with Crippen LogP contribution in [0.2, 0.25) is 0 Å². The van der Waals surface area contributed by atoms with Gasteiger partial charge in [0, 0.05) is 11.8 Å². The Bertz CT molecular complexity index is 153. The molecule has 0 saturated carbocycles. The zero-order chi connectivity index (χ0) is 9.19. The fourth-order valence-corrected chi connectivity index (χ4v) is 3.03. The van der Waals surface area contributed by atoms with Crippen LogP contribution in [0.3, 0.4) is 0 Å². The van der Waals surface area contributed by atoms with Crippen LogP contribution >= 0.6 is 11.8 Å². The van der Waals surface area contributed by atoms with Gasteiger partial charge < -0.3 is 4.74 Å². The van der Waals surface area contributed by atoms with Crippen molar-refractivity contribution in [2.24, 2.45) is 5.92 Å². The van der Waals surface area contributed by atoms with Crippen molar-refractivity contribution in [3.8, 4) is 0 Å². The Morgan fingerprint density at radius 1 is 1.67 bits per heavy atom. The molecule has 1 unspecified atom stereocenters. The average Bonchev–Trinajstić information content (AvgIpc) is 2.28. The van der Waals surface area contributed by atoms with Gasteiger partial charge in [0.25, 0.3) is 0 Å². The molecular formula is C9H17BOS. The Balaban J connectivity index is 2.65. The van der Waals surface area contributed by atoms with Crippen LogP contribution in [-0.2, 0) is 4.74 Å². The van der Waals surface area contributed by atoms with Crippen molar-refractivity contribution in [1.29, 1.82) is 0 Å². The second-order valence-electron chi connectivity index (χ2n) is 3.64. The topological polar surface area (TPSA) is 9.23 Å². The van der Waals surface area contributed by atoms with E-state index in [0.717, 1.165) is 18.6 Å². The third kappa shape index (κ3) is 1.82. The van der Waals surface area contributed by atoms with Crippen molar-refractivity contribution in [1.82, 2.24) is 0 Å². The molecule has 1 heterocycles. The molecule has 1 rings (SSSR count). The predicted molar refractivity (Wildman–Crippen MR) is 55.8 cm³/mol. The second kappa shape index (κ2) is 4.06. The Morgan fingerprint density at radius 3 is 2.67 bits per heavy atom. The summed E-state index contributed by atoms with van der Waals surface area (Å²) in [5.74, 6) is 1.67. The summed E-state index contributed by atoms with van der Waals surface area (Å²) >= 11 is 1.85. The van der Waals surface area contributed by atoms with Crippen LogP contribution in [0, 0.1) is 5.92 Å². The SMILES string of the molecule is [B][C@H]1CC(C)[C@](CC)(CSC)O1. The van der Waals surface area contributed by atoms with Crippen LogP contribution in [0.25, 0.3) is 0 Å². The third-order valence-electron chi connectivity index (χ3n) is 2.86. The van der Waals surface area contributed by atoms with Crippen molar-refractivity contribution in [2.75, 3.05) is 12.0 Å². The first-order valence-corrected chi connectivity index (χ1v) is 5.96. The monoisotopic (exact) mass is 184 g/mol. The number of hydrogen-bond donors (Lipinski definition) is 0. The molecule has 12 heavy (non-hydrogen) atoms. The number of thioether (sulfide) groups is 1. The Labute approximate surface area is 81.0 Å². The first kappa shape index (κ1) is 10.5. The molecule has 0 amide bonds. The fourth-order valence-electron chi connectivity index (χ4n) is 1.98. The minimum absolute atomic E-state index is 0.0351. The molecule has 2 radical (unpaired) electrons. The molecule has 3 atom stereocenters. The average molecular weight is 184 g/mol. The summed E-state index contributed by atoms with van der Waals surface area (Å²) in [5.41, 5.74) is 0.0544. The summed E-state index contributed by atoms with van der Waals surface area (Å²) in [7, 11) is 5.78. The fraction of sp³-hybridized carbons (Fsp3) is 1.00. The maximum absolute atomic E-state index is 5.81. The lowest BCUT2D eigenvalue weighted by Crippen LogP contribution is -2.36. The van der Waals surface area contributed by atoms with E-state index in [1.165, 1.54) is 0 Å². The molecule has 0 spiro atoms. The van der Waals surface area contributed by atoms with Crippen molar-refractivity contribution < 1.29 is 4.74 Å².